The van der Waals surface area contributed by atoms with Gasteiger partial charge in [-0.1, -0.05) is 0 Å². The lowest BCUT2D eigenvalue weighted by Gasteiger charge is -2.15. The second-order valence-electron chi connectivity index (χ2n) is 4.61. The monoisotopic (exact) mass is 245 g/mol. The fraction of sp³-hybridized carbons (Fsp3) is 0.385. The van der Waals surface area contributed by atoms with E-state index in [0.717, 1.165) is 17.1 Å². The molecule has 5 nitrogen and oxygen atoms in total. The van der Waals surface area contributed by atoms with Crippen molar-refractivity contribution >= 4 is 11.5 Å². The van der Waals surface area contributed by atoms with Crippen molar-refractivity contribution in [1.82, 2.24) is 14.8 Å². The first kappa shape index (κ1) is 12.4. The van der Waals surface area contributed by atoms with E-state index in [1.807, 2.05) is 56.8 Å². The summed E-state index contributed by atoms with van der Waals surface area (Å²) in [5, 5.41) is 7.57. The normalized spacial score (nSPS) is 12.2. The summed E-state index contributed by atoms with van der Waals surface area (Å²) >= 11 is 0. The van der Waals surface area contributed by atoms with Crippen LogP contribution in [0.5, 0.6) is 0 Å². The number of aromatic nitrogens is 3. The van der Waals surface area contributed by atoms with Crippen molar-refractivity contribution in [3.63, 3.8) is 0 Å². The topological polar surface area (TPSA) is 46.0 Å². The molecule has 0 radical (unpaired) electrons. The number of hydrogen-bond donors (Lipinski definition) is 1. The summed E-state index contributed by atoms with van der Waals surface area (Å²) in [6.07, 6.45) is 5.74. The Balaban J connectivity index is 2.05. The molecule has 0 bridgehead atoms. The Morgan fingerprint density at radius 1 is 1.28 bits per heavy atom. The molecule has 0 saturated carbocycles. The summed E-state index contributed by atoms with van der Waals surface area (Å²) in [5.74, 6) is 0.953. The van der Waals surface area contributed by atoms with Crippen molar-refractivity contribution in [2.24, 2.45) is 7.05 Å². The van der Waals surface area contributed by atoms with E-state index in [4.69, 9.17) is 0 Å². The van der Waals surface area contributed by atoms with Crippen LogP contribution in [0, 0.1) is 0 Å². The van der Waals surface area contributed by atoms with E-state index < -0.39 is 0 Å². The molecule has 1 N–H and O–H groups in total. The molecule has 96 valence electrons. The standard InChI is InChI=1S/C13H19N5/c1-10(11-7-15-18(4)9-11)16-12-5-6-13(14-8-12)17(2)3/h5-10,16H,1-4H3. The van der Waals surface area contributed by atoms with Gasteiger partial charge < -0.3 is 10.2 Å². The Bertz CT molecular complexity index is 500. The highest BCUT2D eigenvalue weighted by molar-refractivity contribution is 5.49. The van der Waals surface area contributed by atoms with Gasteiger partial charge in [0.1, 0.15) is 5.82 Å². The molecule has 0 aliphatic carbocycles. The molecule has 0 amide bonds. The maximum Gasteiger partial charge on any atom is 0.128 e. The van der Waals surface area contributed by atoms with Gasteiger partial charge in [-0.25, -0.2) is 4.98 Å². The van der Waals surface area contributed by atoms with Crippen LogP contribution in [0.25, 0.3) is 0 Å². The van der Waals surface area contributed by atoms with Crippen molar-refractivity contribution in [2.45, 2.75) is 13.0 Å². The Kier molecular flexibility index (Phi) is 3.50. The number of aryl methyl sites for hydroxylation is 1. The van der Waals surface area contributed by atoms with E-state index >= 15 is 0 Å². The molecule has 2 heterocycles. The first-order valence-electron chi connectivity index (χ1n) is 5.94. The van der Waals surface area contributed by atoms with Crippen molar-refractivity contribution in [3.8, 4) is 0 Å². The Hall–Kier alpha value is -2.04. The number of nitrogens with zero attached hydrogens (tertiary/aromatic N) is 4. The number of rotatable bonds is 4. The Morgan fingerprint density at radius 3 is 2.56 bits per heavy atom. The average molecular weight is 245 g/mol. The zero-order valence-electron chi connectivity index (χ0n) is 11.3. The molecular weight excluding hydrogens is 226 g/mol. The fourth-order valence-electron chi connectivity index (χ4n) is 1.73. The molecule has 2 aromatic heterocycles. The van der Waals surface area contributed by atoms with Crippen molar-refractivity contribution in [3.05, 3.63) is 36.3 Å². The molecule has 1 unspecified atom stereocenters. The van der Waals surface area contributed by atoms with Gasteiger partial charge in [0.2, 0.25) is 0 Å². The number of anilines is 2. The minimum atomic E-state index is 0.214. The molecule has 2 aromatic rings. The molecule has 2 rings (SSSR count). The van der Waals surface area contributed by atoms with Crippen LogP contribution in [0.2, 0.25) is 0 Å². The molecule has 0 fully saturated rings. The molecular formula is C13H19N5. The summed E-state index contributed by atoms with van der Waals surface area (Å²) in [6.45, 7) is 2.11. The Morgan fingerprint density at radius 2 is 2.06 bits per heavy atom. The molecule has 1 atom stereocenters. The third-order valence-corrected chi connectivity index (χ3v) is 2.81. The summed E-state index contributed by atoms with van der Waals surface area (Å²) in [4.78, 5) is 6.35. The maximum absolute atomic E-state index is 4.37. The predicted molar refractivity (Wildman–Crippen MR) is 73.8 cm³/mol. The van der Waals surface area contributed by atoms with Gasteiger partial charge in [-0.15, -0.1) is 0 Å². The van der Waals surface area contributed by atoms with E-state index in [0.29, 0.717) is 0 Å². The van der Waals surface area contributed by atoms with Crippen molar-refractivity contribution in [2.75, 3.05) is 24.3 Å². The number of hydrogen-bond acceptors (Lipinski definition) is 4. The van der Waals surface area contributed by atoms with Crippen LogP contribution in [-0.2, 0) is 7.05 Å². The minimum Gasteiger partial charge on any atom is -0.377 e. The van der Waals surface area contributed by atoms with Gasteiger partial charge in [0.15, 0.2) is 0 Å². The molecule has 0 spiro atoms. The third kappa shape index (κ3) is 2.80. The highest BCUT2D eigenvalue weighted by Gasteiger charge is 2.07. The first-order chi connectivity index (χ1) is 8.56. The van der Waals surface area contributed by atoms with Gasteiger partial charge in [-0.05, 0) is 19.1 Å². The van der Waals surface area contributed by atoms with Gasteiger partial charge in [0.05, 0.1) is 24.1 Å². The number of pyridine rings is 1. The van der Waals surface area contributed by atoms with E-state index in [2.05, 4.69) is 22.3 Å². The lowest BCUT2D eigenvalue weighted by atomic mass is 10.2. The molecule has 0 aliphatic heterocycles. The van der Waals surface area contributed by atoms with Crippen molar-refractivity contribution < 1.29 is 0 Å². The Labute approximate surface area is 107 Å². The van der Waals surface area contributed by atoms with Crippen LogP contribution in [0.1, 0.15) is 18.5 Å². The summed E-state index contributed by atoms with van der Waals surface area (Å²) in [5.41, 5.74) is 2.17. The van der Waals surface area contributed by atoms with Crippen LogP contribution in [0.4, 0.5) is 11.5 Å². The molecule has 5 heteroatoms. The SMILES string of the molecule is CC(Nc1ccc(N(C)C)nc1)c1cnn(C)c1. The quantitative estimate of drug-likeness (QED) is 0.895. The zero-order valence-corrected chi connectivity index (χ0v) is 11.3. The lowest BCUT2D eigenvalue weighted by molar-refractivity contribution is 0.765. The zero-order chi connectivity index (χ0) is 13.1. The largest absolute Gasteiger partial charge is 0.377 e. The molecule has 0 aliphatic rings. The fourth-order valence-corrected chi connectivity index (χ4v) is 1.73. The van der Waals surface area contributed by atoms with Gasteiger partial charge in [-0.3, -0.25) is 4.68 Å². The van der Waals surface area contributed by atoms with Gasteiger partial charge in [-0.2, -0.15) is 5.10 Å². The van der Waals surface area contributed by atoms with Crippen LogP contribution in [0.3, 0.4) is 0 Å². The van der Waals surface area contributed by atoms with Crippen LogP contribution >= 0.6 is 0 Å². The van der Waals surface area contributed by atoms with Crippen LogP contribution in [0.15, 0.2) is 30.7 Å². The van der Waals surface area contributed by atoms with E-state index in [1.54, 1.807) is 4.68 Å². The second kappa shape index (κ2) is 5.08. The summed E-state index contributed by atoms with van der Waals surface area (Å²) < 4.78 is 1.81. The predicted octanol–water partition coefficient (Wildman–Crippen LogP) is 2.05. The summed E-state index contributed by atoms with van der Waals surface area (Å²) in [6, 6.07) is 4.25. The highest BCUT2D eigenvalue weighted by Crippen LogP contribution is 2.19. The van der Waals surface area contributed by atoms with Gasteiger partial charge in [0, 0.05) is 32.9 Å². The van der Waals surface area contributed by atoms with Gasteiger partial charge in [0.25, 0.3) is 0 Å². The van der Waals surface area contributed by atoms with Crippen LogP contribution in [-0.4, -0.2) is 28.9 Å². The smallest absolute Gasteiger partial charge is 0.128 e. The first-order valence-corrected chi connectivity index (χ1v) is 5.94. The van der Waals surface area contributed by atoms with E-state index in [-0.39, 0.29) is 6.04 Å². The summed E-state index contributed by atoms with van der Waals surface area (Å²) in [7, 11) is 5.88. The minimum absolute atomic E-state index is 0.214. The lowest BCUT2D eigenvalue weighted by Crippen LogP contribution is -2.11. The van der Waals surface area contributed by atoms with Crippen molar-refractivity contribution in [1.29, 1.82) is 0 Å². The molecule has 0 saturated heterocycles. The van der Waals surface area contributed by atoms with E-state index in [1.165, 1.54) is 0 Å². The van der Waals surface area contributed by atoms with E-state index in [9.17, 15) is 0 Å². The molecule has 18 heavy (non-hydrogen) atoms. The second-order valence-corrected chi connectivity index (χ2v) is 4.61. The van der Waals surface area contributed by atoms with Crippen LogP contribution < -0.4 is 10.2 Å². The highest BCUT2D eigenvalue weighted by atomic mass is 15.2. The third-order valence-electron chi connectivity index (χ3n) is 2.81. The molecule has 0 aromatic carbocycles. The maximum atomic E-state index is 4.37. The average Bonchev–Trinajstić information content (AvgIpc) is 2.76. The number of nitrogens with one attached hydrogen (secondary N) is 1. The van der Waals surface area contributed by atoms with Gasteiger partial charge >= 0.3 is 0 Å².